The fourth-order valence-electron chi connectivity index (χ4n) is 2.82. The van der Waals surface area contributed by atoms with E-state index >= 15 is 0 Å². The van der Waals surface area contributed by atoms with Crippen molar-refractivity contribution in [2.45, 2.75) is 25.4 Å². The lowest BCUT2D eigenvalue weighted by Gasteiger charge is -2.38. The standard InChI is InChI=1S/C12H15ClN2/c1-8-6-14-7-11-4-9-2-3-10(13)5-12(9)15(8)11/h2-3,5,8,11,14H,4,6-7H2,1H3. The number of halogens is 1. The van der Waals surface area contributed by atoms with E-state index in [9.17, 15) is 0 Å². The van der Waals surface area contributed by atoms with Crippen molar-refractivity contribution >= 4 is 17.3 Å². The highest BCUT2D eigenvalue weighted by Crippen LogP contribution is 2.36. The Morgan fingerprint density at radius 1 is 1.40 bits per heavy atom. The van der Waals surface area contributed by atoms with Crippen LogP contribution in [0.1, 0.15) is 12.5 Å². The Morgan fingerprint density at radius 2 is 2.27 bits per heavy atom. The van der Waals surface area contributed by atoms with E-state index in [1.165, 1.54) is 11.3 Å². The molecule has 1 saturated heterocycles. The van der Waals surface area contributed by atoms with E-state index in [0.717, 1.165) is 24.5 Å². The lowest BCUT2D eigenvalue weighted by molar-refractivity contribution is 0.430. The fourth-order valence-corrected chi connectivity index (χ4v) is 2.99. The van der Waals surface area contributed by atoms with Crippen LogP contribution in [0.5, 0.6) is 0 Å². The molecule has 1 N–H and O–H groups in total. The second-order valence-electron chi connectivity index (χ2n) is 4.55. The van der Waals surface area contributed by atoms with Crippen LogP contribution in [0, 0.1) is 0 Å². The van der Waals surface area contributed by atoms with Gasteiger partial charge in [0.2, 0.25) is 0 Å². The van der Waals surface area contributed by atoms with E-state index in [-0.39, 0.29) is 0 Å². The van der Waals surface area contributed by atoms with Crippen LogP contribution >= 0.6 is 11.6 Å². The first-order valence-corrected chi connectivity index (χ1v) is 5.91. The number of hydrogen-bond acceptors (Lipinski definition) is 2. The van der Waals surface area contributed by atoms with Gasteiger partial charge in [0, 0.05) is 35.9 Å². The first-order chi connectivity index (χ1) is 7.25. The normalized spacial score (nSPS) is 28.8. The van der Waals surface area contributed by atoms with Gasteiger partial charge in [0.05, 0.1) is 0 Å². The summed E-state index contributed by atoms with van der Waals surface area (Å²) in [6, 6.07) is 7.48. The van der Waals surface area contributed by atoms with Crippen molar-refractivity contribution in [2.75, 3.05) is 18.0 Å². The fraction of sp³-hybridized carbons (Fsp3) is 0.500. The van der Waals surface area contributed by atoms with E-state index in [0.29, 0.717) is 12.1 Å². The van der Waals surface area contributed by atoms with Gasteiger partial charge >= 0.3 is 0 Å². The maximum atomic E-state index is 6.06. The SMILES string of the molecule is CC1CNCC2Cc3ccc(Cl)cc3N12. The average molecular weight is 223 g/mol. The Hall–Kier alpha value is -0.730. The summed E-state index contributed by atoms with van der Waals surface area (Å²) in [7, 11) is 0. The summed E-state index contributed by atoms with van der Waals surface area (Å²) in [6.07, 6.45) is 1.16. The first kappa shape index (κ1) is 9.49. The molecule has 0 aromatic heterocycles. The third-order valence-corrected chi connectivity index (χ3v) is 3.70. The molecule has 1 fully saturated rings. The number of hydrogen-bond donors (Lipinski definition) is 1. The minimum absolute atomic E-state index is 0.573. The third kappa shape index (κ3) is 1.44. The molecule has 0 amide bonds. The van der Waals surface area contributed by atoms with E-state index in [1.807, 2.05) is 6.07 Å². The maximum absolute atomic E-state index is 6.06. The highest BCUT2D eigenvalue weighted by Gasteiger charge is 2.34. The predicted molar refractivity (Wildman–Crippen MR) is 63.8 cm³/mol. The highest BCUT2D eigenvalue weighted by atomic mass is 35.5. The van der Waals surface area contributed by atoms with Crippen molar-refractivity contribution < 1.29 is 0 Å². The molecular formula is C12H15ClN2. The summed E-state index contributed by atoms with van der Waals surface area (Å²) in [5, 5.41) is 4.33. The van der Waals surface area contributed by atoms with Gasteiger partial charge in [0.25, 0.3) is 0 Å². The molecule has 2 unspecified atom stereocenters. The molecule has 1 aromatic carbocycles. The smallest absolute Gasteiger partial charge is 0.0459 e. The van der Waals surface area contributed by atoms with Gasteiger partial charge in [-0.05, 0) is 31.0 Å². The van der Waals surface area contributed by atoms with Crippen LogP contribution < -0.4 is 10.2 Å². The summed E-state index contributed by atoms with van der Waals surface area (Å²) in [5.74, 6) is 0. The van der Waals surface area contributed by atoms with Crippen molar-refractivity contribution in [3.63, 3.8) is 0 Å². The number of benzene rings is 1. The molecule has 0 bridgehead atoms. The lowest BCUT2D eigenvalue weighted by Crippen LogP contribution is -2.54. The monoisotopic (exact) mass is 222 g/mol. The van der Waals surface area contributed by atoms with Gasteiger partial charge in [0.1, 0.15) is 0 Å². The van der Waals surface area contributed by atoms with E-state index < -0.39 is 0 Å². The van der Waals surface area contributed by atoms with Gasteiger partial charge in [-0.15, -0.1) is 0 Å². The summed E-state index contributed by atoms with van der Waals surface area (Å²) < 4.78 is 0. The molecule has 80 valence electrons. The molecule has 2 aliphatic rings. The molecule has 0 saturated carbocycles. The van der Waals surface area contributed by atoms with Crippen LogP contribution in [0.3, 0.4) is 0 Å². The minimum Gasteiger partial charge on any atom is -0.363 e. The van der Waals surface area contributed by atoms with Crippen molar-refractivity contribution in [3.8, 4) is 0 Å². The Morgan fingerprint density at radius 3 is 3.13 bits per heavy atom. The zero-order chi connectivity index (χ0) is 10.4. The van der Waals surface area contributed by atoms with Gasteiger partial charge in [-0.1, -0.05) is 17.7 Å². The number of nitrogens with one attached hydrogen (secondary N) is 1. The van der Waals surface area contributed by atoms with Gasteiger partial charge in [-0.2, -0.15) is 0 Å². The first-order valence-electron chi connectivity index (χ1n) is 5.53. The largest absolute Gasteiger partial charge is 0.363 e. The van der Waals surface area contributed by atoms with E-state index in [4.69, 9.17) is 11.6 Å². The number of fused-ring (bicyclic) bond motifs is 3. The average Bonchev–Trinajstić information content (AvgIpc) is 2.57. The highest BCUT2D eigenvalue weighted by molar-refractivity contribution is 6.30. The maximum Gasteiger partial charge on any atom is 0.0459 e. The summed E-state index contributed by atoms with van der Waals surface area (Å²) >= 11 is 6.06. The zero-order valence-electron chi connectivity index (χ0n) is 8.83. The minimum atomic E-state index is 0.573. The Balaban J connectivity index is 2.04. The number of rotatable bonds is 0. The summed E-state index contributed by atoms with van der Waals surface area (Å²) in [5.41, 5.74) is 2.79. The molecule has 1 aromatic rings. The van der Waals surface area contributed by atoms with Gasteiger partial charge < -0.3 is 10.2 Å². The van der Waals surface area contributed by atoms with Crippen LogP contribution in [0.25, 0.3) is 0 Å². The van der Waals surface area contributed by atoms with Crippen LogP contribution in [-0.4, -0.2) is 25.2 Å². The molecule has 2 nitrogen and oxygen atoms in total. The van der Waals surface area contributed by atoms with Crippen molar-refractivity contribution in [2.24, 2.45) is 0 Å². The van der Waals surface area contributed by atoms with Crippen molar-refractivity contribution in [3.05, 3.63) is 28.8 Å². The predicted octanol–water partition coefficient (Wildman–Crippen LogP) is 2.06. The zero-order valence-corrected chi connectivity index (χ0v) is 9.59. The topological polar surface area (TPSA) is 15.3 Å². The van der Waals surface area contributed by atoms with Gasteiger partial charge in [-0.3, -0.25) is 0 Å². The van der Waals surface area contributed by atoms with Gasteiger partial charge in [-0.25, -0.2) is 0 Å². The molecule has 3 heteroatoms. The molecule has 2 aliphatic heterocycles. The van der Waals surface area contributed by atoms with Crippen molar-refractivity contribution in [1.29, 1.82) is 0 Å². The quantitative estimate of drug-likeness (QED) is 0.723. The van der Waals surface area contributed by atoms with Crippen molar-refractivity contribution in [1.82, 2.24) is 5.32 Å². The Labute approximate surface area is 95.2 Å². The number of anilines is 1. The Kier molecular flexibility index (Phi) is 2.15. The number of nitrogens with zero attached hydrogens (tertiary/aromatic N) is 1. The van der Waals surface area contributed by atoms with E-state index in [1.54, 1.807) is 0 Å². The lowest BCUT2D eigenvalue weighted by atomic mass is 10.1. The molecule has 2 heterocycles. The van der Waals surface area contributed by atoms with Gasteiger partial charge in [0.15, 0.2) is 0 Å². The van der Waals surface area contributed by atoms with E-state index in [2.05, 4.69) is 29.3 Å². The summed E-state index contributed by atoms with van der Waals surface area (Å²) in [4.78, 5) is 2.53. The van der Waals surface area contributed by atoms with Crippen LogP contribution in [0.2, 0.25) is 5.02 Å². The van der Waals surface area contributed by atoms with Crippen LogP contribution in [0.15, 0.2) is 18.2 Å². The third-order valence-electron chi connectivity index (χ3n) is 3.47. The molecule has 0 radical (unpaired) electrons. The second kappa shape index (κ2) is 3.39. The molecule has 3 rings (SSSR count). The molecule has 2 atom stereocenters. The second-order valence-corrected chi connectivity index (χ2v) is 4.98. The summed E-state index contributed by atoms with van der Waals surface area (Å²) in [6.45, 7) is 4.44. The molecule has 0 aliphatic carbocycles. The van der Waals surface area contributed by atoms with Crippen LogP contribution in [-0.2, 0) is 6.42 Å². The molecule has 0 spiro atoms. The number of piperazine rings is 1. The van der Waals surface area contributed by atoms with Crippen LogP contribution in [0.4, 0.5) is 5.69 Å². The molecular weight excluding hydrogens is 208 g/mol. The Bertz CT molecular complexity index is 391. The molecule has 15 heavy (non-hydrogen) atoms.